The summed E-state index contributed by atoms with van der Waals surface area (Å²) in [6.45, 7) is 0.313. The molecular weight excluding hydrogens is 276 g/mol. The van der Waals surface area contributed by atoms with Crippen molar-refractivity contribution < 1.29 is 9.90 Å². The number of aromatic hydroxyl groups is 1. The topological polar surface area (TPSA) is 66.6 Å². The number of carbonyl (C=O) groups excluding carboxylic acids is 1. The maximum absolute atomic E-state index is 12.3. The van der Waals surface area contributed by atoms with Crippen LogP contribution in [0.15, 0.2) is 42.5 Å². The highest BCUT2D eigenvalue weighted by atomic mass is 35.5. The Kier molecular flexibility index (Phi) is 4.15. The van der Waals surface area contributed by atoms with Crippen molar-refractivity contribution in [1.29, 1.82) is 0 Å². The van der Waals surface area contributed by atoms with E-state index in [9.17, 15) is 9.90 Å². The number of benzene rings is 2. The number of phenolic OH excluding ortho intramolecular Hbond substituents is 1. The van der Waals surface area contributed by atoms with E-state index in [4.69, 9.17) is 17.3 Å². The number of hydrogen-bond acceptors (Lipinski definition) is 3. The van der Waals surface area contributed by atoms with Crippen molar-refractivity contribution in [2.75, 3.05) is 12.8 Å². The van der Waals surface area contributed by atoms with Gasteiger partial charge in [-0.2, -0.15) is 0 Å². The highest BCUT2D eigenvalue weighted by Crippen LogP contribution is 2.22. The second-order valence-corrected chi connectivity index (χ2v) is 4.93. The minimum atomic E-state index is -0.185. The van der Waals surface area contributed by atoms with Crippen LogP contribution in [0.1, 0.15) is 15.9 Å². The third-order valence-corrected chi connectivity index (χ3v) is 3.32. The van der Waals surface area contributed by atoms with E-state index >= 15 is 0 Å². The van der Waals surface area contributed by atoms with Crippen LogP contribution in [0.5, 0.6) is 5.75 Å². The number of nitrogens with two attached hydrogens (primary N) is 1. The Hall–Kier alpha value is -2.20. The van der Waals surface area contributed by atoms with Crippen molar-refractivity contribution in [1.82, 2.24) is 4.90 Å². The maximum Gasteiger partial charge on any atom is 0.253 e. The van der Waals surface area contributed by atoms with Gasteiger partial charge in [-0.15, -0.1) is 0 Å². The predicted molar refractivity (Wildman–Crippen MR) is 79.8 cm³/mol. The van der Waals surface area contributed by atoms with Crippen molar-refractivity contribution in [3.05, 3.63) is 58.6 Å². The molecule has 0 atom stereocenters. The molecule has 0 spiro atoms. The number of phenols is 1. The zero-order valence-corrected chi connectivity index (χ0v) is 11.8. The van der Waals surface area contributed by atoms with E-state index in [1.807, 2.05) is 6.07 Å². The lowest BCUT2D eigenvalue weighted by molar-refractivity contribution is 0.0784. The predicted octanol–water partition coefficient (Wildman–Crippen LogP) is 2.90. The van der Waals surface area contributed by atoms with Gasteiger partial charge in [-0.05, 0) is 24.3 Å². The summed E-state index contributed by atoms with van der Waals surface area (Å²) in [5.41, 5.74) is 7.20. The third-order valence-electron chi connectivity index (χ3n) is 2.99. The van der Waals surface area contributed by atoms with Gasteiger partial charge < -0.3 is 15.7 Å². The molecule has 3 N–H and O–H groups in total. The summed E-state index contributed by atoms with van der Waals surface area (Å²) in [7, 11) is 1.67. The molecule has 104 valence electrons. The summed E-state index contributed by atoms with van der Waals surface area (Å²) < 4.78 is 0. The Morgan fingerprint density at radius 1 is 1.30 bits per heavy atom. The molecule has 0 unspecified atom stereocenters. The molecule has 2 aromatic rings. The summed E-state index contributed by atoms with van der Waals surface area (Å²) >= 11 is 5.91. The Bertz CT molecular complexity index is 644. The Morgan fingerprint density at radius 3 is 2.65 bits per heavy atom. The van der Waals surface area contributed by atoms with Gasteiger partial charge in [0.2, 0.25) is 0 Å². The van der Waals surface area contributed by atoms with Crippen LogP contribution in [-0.4, -0.2) is 23.0 Å². The second kappa shape index (κ2) is 5.84. The molecule has 0 saturated heterocycles. The molecule has 1 amide bonds. The number of halogens is 1. The molecule has 2 rings (SSSR count). The number of nitrogen functional groups attached to an aromatic ring is 1. The van der Waals surface area contributed by atoms with Gasteiger partial charge in [0.05, 0.1) is 10.7 Å². The van der Waals surface area contributed by atoms with E-state index in [2.05, 4.69) is 0 Å². The van der Waals surface area contributed by atoms with Gasteiger partial charge in [0.15, 0.2) is 0 Å². The first kappa shape index (κ1) is 14.2. The molecule has 5 heteroatoms. The van der Waals surface area contributed by atoms with Crippen LogP contribution in [0, 0.1) is 0 Å². The fourth-order valence-electron chi connectivity index (χ4n) is 1.85. The number of nitrogens with zero attached hydrogens (tertiary/aromatic N) is 1. The van der Waals surface area contributed by atoms with Crippen molar-refractivity contribution in [3.8, 4) is 5.75 Å². The van der Waals surface area contributed by atoms with Crippen LogP contribution in [-0.2, 0) is 6.54 Å². The lowest BCUT2D eigenvalue weighted by atomic mass is 10.1. The fraction of sp³-hybridized carbons (Fsp3) is 0.133. The zero-order chi connectivity index (χ0) is 14.7. The van der Waals surface area contributed by atoms with E-state index in [1.54, 1.807) is 43.4 Å². The van der Waals surface area contributed by atoms with Gasteiger partial charge in [0.1, 0.15) is 5.75 Å². The maximum atomic E-state index is 12.3. The van der Waals surface area contributed by atoms with Gasteiger partial charge in [0.25, 0.3) is 5.91 Å². The first-order valence-electron chi connectivity index (χ1n) is 6.06. The van der Waals surface area contributed by atoms with Crippen molar-refractivity contribution in [3.63, 3.8) is 0 Å². The number of para-hydroxylation sites is 1. The van der Waals surface area contributed by atoms with E-state index < -0.39 is 0 Å². The van der Waals surface area contributed by atoms with Crippen LogP contribution in [0.25, 0.3) is 0 Å². The van der Waals surface area contributed by atoms with Crippen LogP contribution in [0.2, 0.25) is 5.02 Å². The van der Waals surface area contributed by atoms with Crippen LogP contribution < -0.4 is 5.73 Å². The molecule has 4 nitrogen and oxygen atoms in total. The Balaban J connectivity index is 2.16. The summed E-state index contributed by atoms with van der Waals surface area (Å²) in [6.07, 6.45) is 0. The molecule has 0 aliphatic carbocycles. The largest absolute Gasteiger partial charge is 0.508 e. The number of carbonyl (C=O) groups is 1. The zero-order valence-electron chi connectivity index (χ0n) is 11.0. The van der Waals surface area contributed by atoms with Crippen molar-refractivity contribution in [2.24, 2.45) is 0 Å². The lowest BCUT2D eigenvalue weighted by Gasteiger charge is -2.18. The minimum Gasteiger partial charge on any atom is -0.508 e. The summed E-state index contributed by atoms with van der Waals surface area (Å²) in [4.78, 5) is 13.8. The molecule has 20 heavy (non-hydrogen) atoms. The molecule has 0 bridgehead atoms. The molecule has 0 aromatic heterocycles. The molecule has 0 aliphatic rings. The summed E-state index contributed by atoms with van der Waals surface area (Å²) in [5.74, 6) is -0.0161. The summed E-state index contributed by atoms with van der Waals surface area (Å²) in [6, 6.07) is 11.7. The molecular formula is C15H15ClN2O2. The van der Waals surface area contributed by atoms with Crippen LogP contribution >= 0.6 is 11.6 Å². The van der Waals surface area contributed by atoms with Gasteiger partial charge >= 0.3 is 0 Å². The molecule has 0 saturated carbocycles. The molecule has 0 heterocycles. The van der Waals surface area contributed by atoms with Gasteiger partial charge in [-0.1, -0.05) is 29.8 Å². The monoisotopic (exact) mass is 290 g/mol. The normalized spacial score (nSPS) is 10.3. The SMILES string of the molecule is CN(Cc1ccccc1O)C(=O)c1ccc(N)c(Cl)c1. The van der Waals surface area contributed by atoms with Gasteiger partial charge in [0, 0.05) is 24.7 Å². The molecule has 0 radical (unpaired) electrons. The highest BCUT2D eigenvalue weighted by Gasteiger charge is 2.14. The number of anilines is 1. The number of amides is 1. The molecule has 0 aliphatic heterocycles. The average Bonchev–Trinajstić information content (AvgIpc) is 2.43. The Labute approximate surface area is 122 Å². The van der Waals surface area contributed by atoms with Crippen molar-refractivity contribution >= 4 is 23.2 Å². The van der Waals surface area contributed by atoms with E-state index in [-0.39, 0.29) is 11.7 Å². The molecule has 0 fully saturated rings. The van der Waals surface area contributed by atoms with E-state index in [1.165, 1.54) is 4.90 Å². The third kappa shape index (κ3) is 3.03. The smallest absolute Gasteiger partial charge is 0.253 e. The highest BCUT2D eigenvalue weighted by molar-refractivity contribution is 6.33. The van der Waals surface area contributed by atoms with Crippen molar-refractivity contribution in [2.45, 2.75) is 6.54 Å². The van der Waals surface area contributed by atoms with Crippen LogP contribution in [0.3, 0.4) is 0 Å². The lowest BCUT2D eigenvalue weighted by Crippen LogP contribution is -2.26. The molecule has 2 aromatic carbocycles. The standard InChI is InChI=1S/C15H15ClN2O2/c1-18(9-11-4-2-3-5-14(11)19)15(20)10-6-7-13(17)12(16)8-10/h2-8,19H,9,17H2,1H3. The van der Waals surface area contributed by atoms with Gasteiger partial charge in [-0.25, -0.2) is 0 Å². The second-order valence-electron chi connectivity index (χ2n) is 4.53. The average molecular weight is 291 g/mol. The van der Waals surface area contributed by atoms with E-state index in [0.29, 0.717) is 28.4 Å². The minimum absolute atomic E-state index is 0.169. The van der Waals surface area contributed by atoms with Crippen LogP contribution in [0.4, 0.5) is 5.69 Å². The number of hydrogen-bond donors (Lipinski definition) is 2. The Morgan fingerprint density at radius 2 is 2.00 bits per heavy atom. The van der Waals surface area contributed by atoms with Gasteiger partial charge in [-0.3, -0.25) is 4.79 Å². The first-order chi connectivity index (χ1) is 9.49. The summed E-state index contributed by atoms with van der Waals surface area (Å²) in [5, 5.41) is 10.1. The fourth-order valence-corrected chi connectivity index (χ4v) is 2.03. The quantitative estimate of drug-likeness (QED) is 0.854. The first-order valence-corrected chi connectivity index (χ1v) is 6.44. The van der Waals surface area contributed by atoms with E-state index in [0.717, 1.165) is 0 Å². The number of rotatable bonds is 3.